The number of nitrogens with one attached hydrogen (secondary N) is 2. The number of benzene rings is 2. The summed E-state index contributed by atoms with van der Waals surface area (Å²) in [5.41, 5.74) is 4.05. The zero-order chi connectivity index (χ0) is 21.4. The van der Waals surface area contributed by atoms with Crippen molar-refractivity contribution in [2.45, 2.75) is 13.0 Å². The summed E-state index contributed by atoms with van der Waals surface area (Å²) in [6.07, 6.45) is -0.993. The van der Waals surface area contributed by atoms with E-state index < -0.39 is 34.4 Å². The monoisotopic (exact) mass is 404 g/mol. The van der Waals surface area contributed by atoms with Crippen LogP contribution in [0.25, 0.3) is 0 Å². The molecule has 0 heterocycles. The smallest absolute Gasteiger partial charge is 0.279 e. The molecule has 1 unspecified atom stereocenters. The zero-order valence-electron chi connectivity index (χ0n) is 15.1. The van der Waals surface area contributed by atoms with Crippen molar-refractivity contribution in [1.82, 2.24) is 10.9 Å². The van der Waals surface area contributed by atoms with E-state index >= 15 is 0 Å². The van der Waals surface area contributed by atoms with Crippen molar-refractivity contribution in [2.75, 3.05) is 6.61 Å². The van der Waals surface area contributed by atoms with Gasteiger partial charge < -0.3 is 9.47 Å². The Labute approximate surface area is 163 Å². The van der Waals surface area contributed by atoms with Crippen LogP contribution in [-0.2, 0) is 9.59 Å². The quantitative estimate of drug-likeness (QED) is 0.494. The summed E-state index contributed by atoms with van der Waals surface area (Å²) in [4.78, 5) is 43.7. The first-order chi connectivity index (χ1) is 13.8. The van der Waals surface area contributed by atoms with E-state index in [-0.39, 0.29) is 22.9 Å². The summed E-state index contributed by atoms with van der Waals surface area (Å²) in [7, 11) is 0. The lowest BCUT2D eigenvalue weighted by molar-refractivity contribution is -0.385. The number of hydrogen-bond donors (Lipinski definition) is 2. The van der Waals surface area contributed by atoms with Crippen LogP contribution in [0, 0.1) is 20.2 Å². The lowest BCUT2D eigenvalue weighted by Gasteiger charge is -2.15. The van der Waals surface area contributed by atoms with Gasteiger partial charge >= 0.3 is 0 Å². The average molecular weight is 404 g/mol. The van der Waals surface area contributed by atoms with Gasteiger partial charge in [0, 0.05) is 24.3 Å². The molecule has 0 fully saturated rings. The fourth-order valence-electron chi connectivity index (χ4n) is 1.99. The van der Waals surface area contributed by atoms with E-state index in [1.54, 1.807) is 0 Å². The molecule has 2 aromatic rings. The van der Waals surface area contributed by atoms with Crippen molar-refractivity contribution in [1.29, 1.82) is 0 Å². The molecule has 0 aliphatic carbocycles. The fraction of sp³-hybridized carbons (Fsp3) is 0.176. The first-order valence-electron chi connectivity index (χ1n) is 8.13. The van der Waals surface area contributed by atoms with Crippen LogP contribution < -0.4 is 20.3 Å². The van der Waals surface area contributed by atoms with E-state index in [2.05, 4.69) is 10.9 Å². The minimum Gasteiger partial charge on any atom is -0.484 e. The molecule has 0 bridgehead atoms. The number of rotatable bonds is 8. The van der Waals surface area contributed by atoms with Gasteiger partial charge in [-0.05, 0) is 31.2 Å². The number of nitro benzene ring substituents is 2. The Bertz CT molecular complexity index is 899. The van der Waals surface area contributed by atoms with Gasteiger partial charge in [-0.2, -0.15) is 0 Å². The first-order valence-corrected chi connectivity index (χ1v) is 8.13. The molecule has 0 aliphatic heterocycles. The number of amides is 2. The van der Waals surface area contributed by atoms with Gasteiger partial charge in [0.25, 0.3) is 23.2 Å². The summed E-state index contributed by atoms with van der Waals surface area (Å²) in [6, 6.07) is 10.3. The summed E-state index contributed by atoms with van der Waals surface area (Å²) in [6.45, 7) is 0.992. The van der Waals surface area contributed by atoms with Crippen LogP contribution in [0.3, 0.4) is 0 Å². The molecule has 0 radical (unpaired) electrons. The molecule has 2 N–H and O–H groups in total. The van der Waals surface area contributed by atoms with Crippen LogP contribution in [-0.4, -0.2) is 34.4 Å². The third kappa shape index (κ3) is 6.46. The maximum atomic E-state index is 11.9. The largest absolute Gasteiger partial charge is 0.484 e. The molecule has 152 valence electrons. The molecule has 1 atom stereocenters. The van der Waals surface area contributed by atoms with Gasteiger partial charge in [-0.1, -0.05) is 0 Å². The summed E-state index contributed by atoms with van der Waals surface area (Å²) >= 11 is 0. The molecule has 29 heavy (non-hydrogen) atoms. The zero-order valence-corrected chi connectivity index (χ0v) is 15.1. The third-order valence-corrected chi connectivity index (χ3v) is 3.47. The Morgan fingerprint density at radius 2 is 1.38 bits per heavy atom. The van der Waals surface area contributed by atoms with E-state index in [0.29, 0.717) is 0 Å². The Hall–Kier alpha value is -4.22. The predicted molar refractivity (Wildman–Crippen MR) is 98.1 cm³/mol. The molecule has 0 aromatic heterocycles. The van der Waals surface area contributed by atoms with Gasteiger partial charge in [0.1, 0.15) is 11.5 Å². The predicted octanol–water partition coefficient (Wildman–Crippen LogP) is 1.50. The highest BCUT2D eigenvalue weighted by atomic mass is 16.6. The summed E-state index contributed by atoms with van der Waals surface area (Å²) in [5, 5.41) is 21.2. The van der Waals surface area contributed by atoms with Crippen molar-refractivity contribution in [3.8, 4) is 11.5 Å². The molecular formula is C17H16N4O8. The number of nitro groups is 2. The number of carbonyl (C=O) groups excluding carboxylic acids is 2. The molecule has 12 nitrogen and oxygen atoms in total. The normalized spacial score (nSPS) is 11.1. The topological polar surface area (TPSA) is 163 Å². The second-order valence-corrected chi connectivity index (χ2v) is 5.59. The molecule has 2 amide bonds. The van der Waals surface area contributed by atoms with Gasteiger partial charge in [0.2, 0.25) is 0 Å². The maximum Gasteiger partial charge on any atom is 0.279 e. The van der Waals surface area contributed by atoms with Gasteiger partial charge in [-0.25, -0.2) is 0 Å². The lowest BCUT2D eigenvalue weighted by atomic mass is 10.3. The van der Waals surface area contributed by atoms with Gasteiger partial charge in [0.15, 0.2) is 12.7 Å². The SMILES string of the molecule is CC(Oc1ccc([N+](=O)[O-])cc1)C(=O)NNC(=O)COc1ccc([N+](=O)[O-])cc1. The van der Waals surface area contributed by atoms with Crippen LogP contribution in [0.4, 0.5) is 11.4 Å². The maximum absolute atomic E-state index is 11.9. The lowest BCUT2D eigenvalue weighted by Crippen LogP contribution is -2.48. The molecule has 0 spiro atoms. The Morgan fingerprint density at radius 3 is 1.86 bits per heavy atom. The highest BCUT2D eigenvalue weighted by Crippen LogP contribution is 2.18. The van der Waals surface area contributed by atoms with Crippen molar-refractivity contribution in [2.24, 2.45) is 0 Å². The van der Waals surface area contributed by atoms with E-state index in [9.17, 15) is 29.8 Å². The number of hydrazine groups is 1. The fourth-order valence-corrected chi connectivity index (χ4v) is 1.99. The van der Waals surface area contributed by atoms with Crippen molar-refractivity contribution in [3.63, 3.8) is 0 Å². The number of non-ortho nitro benzene ring substituents is 2. The van der Waals surface area contributed by atoms with E-state index in [4.69, 9.17) is 9.47 Å². The Balaban J connectivity index is 1.74. The number of carbonyl (C=O) groups is 2. The molecular weight excluding hydrogens is 388 g/mol. The summed E-state index contributed by atoms with van der Waals surface area (Å²) in [5.74, 6) is -0.843. The molecule has 0 saturated carbocycles. The van der Waals surface area contributed by atoms with Crippen LogP contribution in [0.5, 0.6) is 11.5 Å². The molecule has 2 aromatic carbocycles. The first kappa shape index (κ1) is 21.1. The average Bonchev–Trinajstić information content (AvgIpc) is 2.71. The van der Waals surface area contributed by atoms with Crippen LogP contribution in [0.2, 0.25) is 0 Å². The van der Waals surface area contributed by atoms with Crippen molar-refractivity contribution in [3.05, 3.63) is 68.8 Å². The van der Waals surface area contributed by atoms with Crippen LogP contribution in [0.15, 0.2) is 48.5 Å². The number of ether oxygens (including phenoxy) is 2. The van der Waals surface area contributed by atoms with Gasteiger partial charge in [-0.15, -0.1) is 0 Å². The van der Waals surface area contributed by atoms with E-state index in [0.717, 1.165) is 0 Å². The number of nitrogens with zero attached hydrogens (tertiary/aromatic N) is 2. The Morgan fingerprint density at radius 1 is 0.897 bits per heavy atom. The highest BCUT2D eigenvalue weighted by Gasteiger charge is 2.16. The van der Waals surface area contributed by atoms with Crippen LogP contribution >= 0.6 is 0 Å². The van der Waals surface area contributed by atoms with Crippen molar-refractivity contribution >= 4 is 23.2 Å². The van der Waals surface area contributed by atoms with E-state index in [1.165, 1.54) is 55.5 Å². The number of hydrogen-bond acceptors (Lipinski definition) is 8. The second kappa shape index (κ2) is 9.64. The molecule has 2 rings (SSSR count). The highest BCUT2D eigenvalue weighted by molar-refractivity contribution is 5.85. The minimum atomic E-state index is -0.993. The molecule has 12 heteroatoms. The molecule has 0 saturated heterocycles. The molecule has 0 aliphatic rings. The van der Waals surface area contributed by atoms with Gasteiger partial charge in [-0.3, -0.25) is 40.7 Å². The van der Waals surface area contributed by atoms with E-state index in [1.807, 2.05) is 0 Å². The minimum absolute atomic E-state index is 0.115. The summed E-state index contributed by atoms with van der Waals surface area (Å²) < 4.78 is 10.5. The standard InChI is InChI=1S/C17H16N4O8/c1-11(29-15-8-4-13(5-9-15)21(26)27)17(23)19-18-16(22)10-28-14-6-2-12(3-7-14)20(24)25/h2-9,11H,10H2,1H3,(H,18,22)(H,19,23). The third-order valence-electron chi connectivity index (χ3n) is 3.47. The second-order valence-electron chi connectivity index (χ2n) is 5.59. The van der Waals surface area contributed by atoms with Crippen LogP contribution in [0.1, 0.15) is 6.92 Å². The van der Waals surface area contributed by atoms with Gasteiger partial charge in [0.05, 0.1) is 9.85 Å². The van der Waals surface area contributed by atoms with Crippen molar-refractivity contribution < 1.29 is 28.9 Å². The Kier molecular flexibility index (Phi) is 7.01.